The van der Waals surface area contributed by atoms with Crippen molar-refractivity contribution in [1.82, 2.24) is 15.3 Å². The number of piperidine rings is 1. The number of alkyl halides is 3. The number of anilines is 1. The summed E-state index contributed by atoms with van der Waals surface area (Å²) in [5, 5.41) is 2.87. The van der Waals surface area contributed by atoms with E-state index in [4.69, 9.17) is 0 Å². The molecule has 0 radical (unpaired) electrons. The number of benzene rings is 1. The van der Waals surface area contributed by atoms with Crippen LogP contribution in [-0.4, -0.2) is 35.0 Å². The molecule has 0 saturated carbocycles. The van der Waals surface area contributed by atoms with Gasteiger partial charge in [0.25, 0.3) is 5.91 Å². The molecule has 0 spiro atoms. The maximum absolute atomic E-state index is 12.9. The van der Waals surface area contributed by atoms with Gasteiger partial charge in [-0.25, -0.2) is 14.4 Å². The number of amides is 1. The minimum Gasteiger partial charge on any atom is -0.356 e. The van der Waals surface area contributed by atoms with Gasteiger partial charge < -0.3 is 10.2 Å². The van der Waals surface area contributed by atoms with Crippen molar-refractivity contribution in [3.8, 4) is 0 Å². The van der Waals surface area contributed by atoms with Gasteiger partial charge in [0.1, 0.15) is 23.2 Å². The molecule has 1 aromatic carbocycles. The van der Waals surface area contributed by atoms with E-state index in [0.717, 1.165) is 6.07 Å². The highest BCUT2D eigenvalue weighted by molar-refractivity contribution is 5.94. The minimum absolute atomic E-state index is 0.0616. The first-order chi connectivity index (χ1) is 12.7. The summed E-state index contributed by atoms with van der Waals surface area (Å²) < 4.78 is 51.7. The van der Waals surface area contributed by atoms with Gasteiger partial charge >= 0.3 is 6.18 Å². The Kier molecular flexibility index (Phi) is 5.29. The number of halogens is 4. The third-order valence-corrected chi connectivity index (χ3v) is 4.38. The van der Waals surface area contributed by atoms with E-state index in [9.17, 15) is 22.4 Å². The number of nitrogens with one attached hydrogen (secondary N) is 1. The number of carbonyl (C=O) groups excluding carboxylic acids is 1. The average Bonchev–Trinajstić information content (AvgIpc) is 2.61. The highest BCUT2D eigenvalue weighted by Crippen LogP contribution is 2.30. The molecule has 1 aliphatic rings. The molecule has 1 aromatic heterocycles. The van der Waals surface area contributed by atoms with E-state index in [-0.39, 0.29) is 23.6 Å². The van der Waals surface area contributed by atoms with Crippen molar-refractivity contribution in [2.24, 2.45) is 0 Å². The summed E-state index contributed by atoms with van der Waals surface area (Å²) in [5.41, 5.74) is -0.600. The lowest BCUT2D eigenvalue weighted by Crippen LogP contribution is -2.45. The summed E-state index contributed by atoms with van der Waals surface area (Å²) in [4.78, 5) is 21.5. The second-order valence-corrected chi connectivity index (χ2v) is 6.40. The Morgan fingerprint density at radius 2 is 1.78 bits per heavy atom. The zero-order chi connectivity index (χ0) is 19.6. The number of rotatable bonds is 3. The molecule has 1 N–H and O–H groups in total. The Bertz CT molecular complexity index is 815. The smallest absolute Gasteiger partial charge is 0.356 e. The van der Waals surface area contributed by atoms with Gasteiger partial charge in [0.2, 0.25) is 0 Å². The summed E-state index contributed by atoms with van der Waals surface area (Å²) in [6.07, 6.45) is -3.39. The van der Waals surface area contributed by atoms with Crippen LogP contribution in [0, 0.1) is 12.7 Å². The van der Waals surface area contributed by atoms with Crippen molar-refractivity contribution in [2.45, 2.75) is 32.0 Å². The molecule has 27 heavy (non-hydrogen) atoms. The van der Waals surface area contributed by atoms with Crippen molar-refractivity contribution in [2.75, 3.05) is 18.0 Å². The van der Waals surface area contributed by atoms with Crippen LogP contribution >= 0.6 is 0 Å². The molecule has 2 heterocycles. The van der Waals surface area contributed by atoms with E-state index in [1.54, 1.807) is 4.90 Å². The Hall–Kier alpha value is -2.71. The minimum atomic E-state index is -4.52. The van der Waals surface area contributed by atoms with Gasteiger partial charge in [-0.2, -0.15) is 13.2 Å². The van der Waals surface area contributed by atoms with E-state index < -0.39 is 17.7 Å². The molecule has 0 atom stereocenters. The topological polar surface area (TPSA) is 58.1 Å². The molecule has 0 bridgehead atoms. The molecule has 2 aromatic rings. The molecular weight excluding hydrogens is 364 g/mol. The number of hydrogen-bond donors (Lipinski definition) is 1. The van der Waals surface area contributed by atoms with Crippen molar-refractivity contribution < 1.29 is 22.4 Å². The van der Waals surface area contributed by atoms with Crippen LogP contribution in [0.3, 0.4) is 0 Å². The summed E-state index contributed by atoms with van der Waals surface area (Å²) >= 11 is 0. The van der Waals surface area contributed by atoms with Crippen LogP contribution < -0.4 is 10.2 Å². The number of aryl methyl sites for hydroxylation is 1. The molecule has 3 rings (SSSR count). The normalized spacial score (nSPS) is 15.7. The zero-order valence-corrected chi connectivity index (χ0v) is 14.6. The van der Waals surface area contributed by atoms with Crippen molar-refractivity contribution in [1.29, 1.82) is 0 Å². The number of hydrogen-bond acceptors (Lipinski definition) is 4. The summed E-state index contributed by atoms with van der Waals surface area (Å²) in [5.74, 6) is -0.423. The Balaban J connectivity index is 1.61. The van der Waals surface area contributed by atoms with Gasteiger partial charge in [-0.1, -0.05) is 0 Å². The Morgan fingerprint density at radius 3 is 2.37 bits per heavy atom. The fourth-order valence-corrected chi connectivity index (χ4v) is 2.98. The van der Waals surface area contributed by atoms with Crippen LogP contribution in [0.15, 0.2) is 30.3 Å². The van der Waals surface area contributed by atoms with E-state index in [1.165, 1.54) is 31.2 Å². The molecule has 1 fully saturated rings. The van der Waals surface area contributed by atoms with Crippen LogP contribution in [0.4, 0.5) is 23.4 Å². The van der Waals surface area contributed by atoms with Gasteiger partial charge in [0.05, 0.1) is 0 Å². The van der Waals surface area contributed by atoms with Crippen LogP contribution in [0.1, 0.15) is 34.7 Å². The molecule has 9 heteroatoms. The fourth-order valence-electron chi connectivity index (χ4n) is 2.98. The van der Waals surface area contributed by atoms with Crippen LogP contribution in [0.25, 0.3) is 0 Å². The first-order valence-corrected chi connectivity index (χ1v) is 8.46. The fraction of sp³-hybridized carbons (Fsp3) is 0.389. The third kappa shape index (κ3) is 4.72. The number of carbonyl (C=O) groups is 1. The van der Waals surface area contributed by atoms with Crippen molar-refractivity contribution >= 4 is 11.7 Å². The second-order valence-electron chi connectivity index (χ2n) is 6.40. The maximum Gasteiger partial charge on any atom is 0.433 e. The Labute approximate surface area is 153 Å². The number of aromatic nitrogens is 2. The predicted molar refractivity (Wildman–Crippen MR) is 90.9 cm³/mol. The zero-order valence-electron chi connectivity index (χ0n) is 14.6. The predicted octanol–water partition coefficient (Wildman–Crippen LogP) is 3.34. The van der Waals surface area contributed by atoms with Gasteiger partial charge in [-0.3, -0.25) is 4.79 Å². The molecule has 5 nitrogen and oxygen atoms in total. The first kappa shape index (κ1) is 19.1. The van der Waals surface area contributed by atoms with E-state index in [1.807, 2.05) is 0 Å². The van der Waals surface area contributed by atoms with Crippen LogP contribution in [-0.2, 0) is 6.18 Å². The molecule has 144 valence electrons. The first-order valence-electron chi connectivity index (χ1n) is 8.46. The lowest BCUT2D eigenvalue weighted by atomic mass is 10.0. The van der Waals surface area contributed by atoms with Gasteiger partial charge in [0.15, 0.2) is 0 Å². The van der Waals surface area contributed by atoms with E-state index in [2.05, 4.69) is 15.3 Å². The molecule has 1 aliphatic heterocycles. The highest BCUT2D eigenvalue weighted by atomic mass is 19.4. The van der Waals surface area contributed by atoms with E-state index in [0.29, 0.717) is 31.5 Å². The van der Waals surface area contributed by atoms with Crippen molar-refractivity contribution in [3.63, 3.8) is 0 Å². The SMILES string of the molecule is Cc1nc(N2CCC(NC(=O)c3ccc(F)cc3)CC2)cc(C(F)(F)F)n1. The second kappa shape index (κ2) is 7.50. The van der Waals surface area contributed by atoms with E-state index >= 15 is 0 Å². The molecule has 0 unspecified atom stereocenters. The lowest BCUT2D eigenvalue weighted by molar-refractivity contribution is -0.141. The van der Waals surface area contributed by atoms with Gasteiger partial charge in [0, 0.05) is 30.8 Å². The average molecular weight is 382 g/mol. The van der Waals surface area contributed by atoms with Gasteiger partial charge in [-0.05, 0) is 44.0 Å². The van der Waals surface area contributed by atoms with Crippen LogP contribution in [0.2, 0.25) is 0 Å². The summed E-state index contributed by atoms with van der Waals surface area (Å²) in [7, 11) is 0. The largest absolute Gasteiger partial charge is 0.433 e. The molecular formula is C18H18F4N4O. The maximum atomic E-state index is 12.9. The van der Waals surface area contributed by atoms with Crippen molar-refractivity contribution in [3.05, 3.63) is 53.2 Å². The summed E-state index contributed by atoms with van der Waals surface area (Å²) in [6, 6.07) is 6.08. The molecule has 0 aliphatic carbocycles. The Morgan fingerprint density at radius 1 is 1.15 bits per heavy atom. The molecule has 1 amide bonds. The van der Waals surface area contributed by atoms with Gasteiger partial charge in [-0.15, -0.1) is 0 Å². The third-order valence-electron chi connectivity index (χ3n) is 4.38. The molecule has 1 saturated heterocycles. The van der Waals surface area contributed by atoms with Crippen LogP contribution in [0.5, 0.6) is 0 Å². The quantitative estimate of drug-likeness (QED) is 0.828. The number of nitrogens with zero attached hydrogens (tertiary/aromatic N) is 3. The standard InChI is InChI=1S/C18H18F4N4O/c1-11-23-15(18(20,21)22)10-16(24-11)26-8-6-14(7-9-26)25-17(27)12-2-4-13(19)5-3-12/h2-5,10,14H,6-9H2,1H3,(H,25,27). The monoisotopic (exact) mass is 382 g/mol. The lowest BCUT2D eigenvalue weighted by Gasteiger charge is -2.33. The summed E-state index contributed by atoms with van der Waals surface area (Å²) in [6.45, 7) is 2.35. The highest BCUT2D eigenvalue weighted by Gasteiger charge is 2.34.